The van der Waals surface area contributed by atoms with Gasteiger partial charge in [0, 0.05) is 0 Å². The number of carbonyl (C=O) groups excluding carboxylic acids is 1. The lowest BCUT2D eigenvalue weighted by Crippen LogP contribution is -2.34. The van der Waals surface area contributed by atoms with Crippen molar-refractivity contribution in [2.45, 2.75) is 13.0 Å². The van der Waals surface area contributed by atoms with E-state index in [0.717, 1.165) is 5.69 Å². The Morgan fingerprint density at radius 3 is 3.00 bits per heavy atom. The highest BCUT2D eigenvalue weighted by Gasteiger charge is 2.22. The van der Waals surface area contributed by atoms with Gasteiger partial charge in [0.05, 0.1) is 5.69 Å². The molecule has 0 bridgehead atoms. The molecule has 0 saturated carbocycles. The van der Waals surface area contributed by atoms with E-state index in [-0.39, 0.29) is 12.0 Å². The molecule has 2 rings (SSSR count). The molecule has 1 aromatic rings. The van der Waals surface area contributed by atoms with E-state index in [1.165, 1.54) is 0 Å². The van der Waals surface area contributed by atoms with E-state index < -0.39 is 0 Å². The van der Waals surface area contributed by atoms with Gasteiger partial charge in [0.1, 0.15) is 6.04 Å². The van der Waals surface area contributed by atoms with Crippen LogP contribution in [0.5, 0.6) is 5.75 Å². The lowest BCUT2D eigenvalue weighted by atomic mass is 10.2. The van der Waals surface area contributed by atoms with E-state index in [4.69, 9.17) is 4.74 Å². The molecule has 3 heteroatoms. The van der Waals surface area contributed by atoms with Gasteiger partial charge in [-0.15, -0.1) is 0 Å². The maximum absolute atomic E-state index is 11.1. The van der Waals surface area contributed by atoms with E-state index in [1.807, 2.05) is 18.2 Å². The predicted octanol–water partition coefficient (Wildman–Crippen LogP) is 1.41. The van der Waals surface area contributed by atoms with Gasteiger partial charge in [-0.05, 0) is 19.1 Å². The van der Waals surface area contributed by atoms with Gasteiger partial charge in [0.25, 0.3) is 0 Å². The SMILES string of the molecule is CC1Nc2ccccc2OC1=O. The fourth-order valence-corrected chi connectivity index (χ4v) is 1.16. The molecule has 1 heterocycles. The van der Waals surface area contributed by atoms with Crippen molar-refractivity contribution in [2.75, 3.05) is 5.32 Å². The standard InChI is InChI=1S/C9H9NO2/c1-6-9(11)12-8-5-3-2-4-7(8)10-6/h2-6,10H,1H3. The zero-order valence-corrected chi connectivity index (χ0v) is 6.70. The third-order valence-corrected chi connectivity index (χ3v) is 1.82. The summed E-state index contributed by atoms with van der Waals surface area (Å²) in [7, 11) is 0. The van der Waals surface area contributed by atoms with Gasteiger partial charge in [0.15, 0.2) is 5.75 Å². The van der Waals surface area contributed by atoms with E-state index in [0.29, 0.717) is 5.75 Å². The first-order valence-corrected chi connectivity index (χ1v) is 3.84. The number of hydrogen-bond donors (Lipinski definition) is 1. The highest BCUT2D eigenvalue weighted by molar-refractivity contribution is 5.86. The monoisotopic (exact) mass is 163 g/mol. The quantitative estimate of drug-likeness (QED) is 0.464. The summed E-state index contributed by atoms with van der Waals surface area (Å²) in [5, 5.41) is 3.04. The lowest BCUT2D eigenvalue weighted by molar-refractivity contribution is -0.135. The summed E-state index contributed by atoms with van der Waals surface area (Å²) in [6.07, 6.45) is 0. The Labute approximate surface area is 70.3 Å². The molecule has 0 aromatic heterocycles. The van der Waals surface area contributed by atoms with Crippen LogP contribution in [0.25, 0.3) is 0 Å². The van der Waals surface area contributed by atoms with E-state index in [2.05, 4.69) is 5.32 Å². The Morgan fingerprint density at radius 2 is 2.17 bits per heavy atom. The molecule has 0 radical (unpaired) electrons. The first kappa shape index (κ1) is 7.16. The van der Waals surface area contributed by atoms with Crippen LogP contribution in [-0.4, -0.2) is 12.0 Å². The first-order chi connectivity index (χ1) is 5.77. The number of nitrogens with one attached hydrogen (secondary N) is 1. The predicted molar refractivity (Wildman–Crippen MR) is 45.2 cm³/mol. The van der Waals surface area contributed by atoms with Crippen molar-refractivity contribution in [3.8, 4) is 5.75 Å². The van der Waals surface area contributed by atoms with Crippen LogP contribution in [0.3, 0.4) is 0 Å². The fourth-order valence-electron chi connectivity index (χ4n) is 1.16. The molecule has 1 N–H and O–H groups in total. The molecule has 1 aliphatic heterocycles. The summed E-state index contributed by atoms with van der Waals surface area (Å²) in [5.41, 5.74) is 0.879. The minimum absolute atomic E-state index is 0.228. The maximum Gasteiger partial charge on any atom is 0.333 e. The molecule has 0 saturated heterocycles. The Bertz CT molecular complexity index is 322. The molecule has 1 aromatic carbocycles. The van der Waals surface area contributed by atoms with Crippen LogP contribution in [-0.2, 0) is 4.79 Å². The minimum Gasteiger partial charge on any atom is -0.423 e. The molecule has 0 amide bonds. The Morgan fingerprint density at radius 1 is 1.42 bits per heavy atom. The van der Waals surface area contributed by atoms with Crippen molar-refractivity contribution in [1.29, 1.82) is 0 Å². The molecule has 1 atom stereocenters. The molecule has 12 heavy (non-hydrogen) atoms. The molecule has 1 unspecified atom stereocenters. The number of esters is 1. The zero-order chi connectivity index (χ0) is 8.55. The Hall–Kier alpha value is -1.51. The third kappa shape index (κ3) is 1.03. The van der Waals surface area contributed by atoms with Gasteiger partial charge < -0.3 is 10.1 Å². The van der Waals surface area contributed by atoms with Crippen LogP contribution in [0, 0.1) is 0 Å². The second-order valence-corrected chi connectivity index (χ2v) is 2.78. The van der Waals surface area contributed by atoms with Crippen molar-refractivity contribution < 1.29 is 9.53 Å². The Balaban J connectivity index is 2.40. The average molecular weight is 163 g/mol. The largest absolute Gasteiger partial charge is 0.423 e. The van der Waals surface area contributed by atoms with Crippen LogP contribution in [0.15, 0.2) is 24.3 Å². The second kappa shape index (κ2) is 2.52. The van der Waals surface area contributed by atoms with Crippen LogP contribution < -0.4 is 10.1 Å². The number of rotatable bonds is 0. The Kier molecular flexibility index (Phi) is 1.50. The second-order valence-electron chi connectivity index (χ2n) is 2.78. The van der Waals surface area contributed by atoms with Crippen LogP contribution >= 0.6 is 0 Å². The van der Waals surface area contributed by atoms with Crippen LogP contribution in [0.1, 0.15) is 6.92 Å². The molecule has 0 fully saturated rings. The molecular weight excluding hydrogens is 154 g/mol. The van der Waals surface area contributed by atoms with Crippen LogP contribution in [0.4, 0.5) is 5.69 Å². The van der Waals surface area contributed by atoms with E-state index in [9.17, 15) is 4.79 Å². The zero-order valence-electron chi connectivity index (χ0n) is 6.70. The van der Waals surface area contributed by atoms with Crippen molar-refractivity contribution in [1.82, 2.24) is 0 Å². The summed E-state index contributed by atoms with van der Waals surface area (Å²) in [5.74, 6) is 0.384. The van der Waals surface area contributed by atoms with Crippen LogP contribution in [0.2, 0.25) is 0 Å². The van der Waals surface area contributed by atoms with Gasteiger partial charge in [-0.1, -0.05) is 12.1 Å². The number of hydrogen-bond acceptors (Lipinski definition) is 3. The van der Waals surface area contributed by atoms with Crippen molar-refractivity contribution >= 4 is 11.7 Å². The van der Waals surface area contributed by atoms with Gasteiger partial charge in [-0.2, -0.15) is 0 Å². The fraction of sp³-hybridized carbons (Fsp3) is 0.222. The topological polar surface area (TPSA) is 38.3 Å². The van der Waals surface area contributed by atoms with E-state index >= 15 is 0 Å². The third-order valence-electron chi connectivity index (χ3n) is 1.82. The molecule has 0 spiro atoms. The highest BCUT2D eigenvalue weighted by atomic mass is 16.5. The molecule has 3 nitrogen and oxygen atoms in total. The average Bonchev–Trinajstić information content (AvgIpc) is 2.07. The summed E-state index contributed by atoms with van der Waals surface area (Å²) >= 11 is 0. The summed E-state index contributed by atoms with van der Waals surface area (Å²) in [6, 6.07) is 7.14. The minimum atomic E-state index is -0.250. The number of carbonyl (C=O) groups is 1. The van der Waals surface area contributed by atoms with Gasteiger partial charge in [-0.25, -0.2) is 4.79 Å². The number of ether oxygens (including phenoxy) is 1. The molecule has 1 aliphatic rings. The number of anilines is 1. The summed E-state index contributed by atoms with van der Waals surface area (Å²) in [4.78, 5) is 11.1. The summed E-state index contributed by atoms with van der Waals surface area (Å²) in [6.45, 7) is 1.78. The number of fused-ring (bicyclic) bond motifs is 1. The summed E-state index contributed by atoms with van der Waals surface area (Å²) < 4.78 is 5.04. The smallest absolute Gasteiger partial charge is 0.333 e. The van der Waals surface area contributed by atoms with Crippen molar-refractivity contribution in [2.24, 2.45) is 0 Å². The van der Waals surface area contributed by atoms with Gasteiger partial charge >= 0.3 is 5.97 Å². The van der Waals surface area contributed by atoms with Gasteiger partial charge in [-0.3, -0.25) is 0 Å². The maximum atomic E-state index is 11.1. The van der Waals surface area contributed by atoms with Crippen molar-refractivity contribution in [3.63, 3.8) is 0 Å². The molecular formula is C9H9NO2. The number of para-hydroxylation sites is 2. The molecule has 0 aliphatic carbocycles. The highest BCUT2D eigenvalue weighted by Crippen LogP contribution is 2.28. The van der Waals surface area contributed by atoms with E-state index in [1.54, 1.807) is 13.0 Å². The van der Waals surface area contributed by atoms with Gasteiger partial charge in [0.2, 0.25) is 0 Å². The molecule has 62 valence electrons. The number of benzene rings is 1. The normalized spacial score (nSPS) is 20.8. The first-order valence-electron chi connectivity index (χ1n) is 3.84. The van der Waals surface area contributed by atoms with Crippen molar-refractivity contribution in [3.05, 3.63) is 24.3 Å². The lowest BCUT2D eigenvalue weighted by Gasteiger charge is -2.22.